The third-order valence-corrected chi connectivity index (χ3v) is 4.94. The van der Waals surface area contributed by atoms with Crippen molar-refractivity contribution in [2.45, 2.75) is 19.8 Å². The average molecular weight is 391 g/mol. The first-order chi connectivity index (χ1) is 13.5. The number of esters is 1. The number of benzene rings is 3. The minimum atomic E-state index is -0.440. The molecule has 0 heterocycles. The SMILES string of the molecule is C=C(C)C(=O)Oc1c2c(c(Oc3ccccc3)c3cc(Cl)ccc13)CC=CC2. The lowest BCUT2D eigenvalue weighted by atomic mass is 9.90. The van der Waals surface area contributed by atoms with Crippen molar-refractivity contribution in [2.75, 3.05) is 0 Å². The van der Waals surface area contributed by atoms with Crippen LogP contribution in [0.15, 0.2) is 72.8 Å². The third kappa shape index (κ3) is 3.41. The van der Waals surface area contributed by atoms with E-state index in [2.05, 4.69) is 18.7 Å². The van der Waals surface area contributed by atoms with Gasteiger partial charge in [0.1, 0.15) is 17.2 Å². The molecule has 0 aliphatic heterocycles. The van der Waals surface area contributed by atoms with E-state index in [0.717, 1.165) is 33.4 Å². The van der Waals surface area contributed by atoms with E-state index < -0.39 is 5.97 Å². The molecule has 3 aromatic rings. The molecule has 0 spiro atoms. The highest BCUT2D eigenvalue weighted by Gasteiger charge is 2.24. The van der Waals surface area contributed by atoms with Crippen LogP contribution in [0.1, 0.15) is 18.1 Å². The van der Waals surface area contributed by atoms with E-state index in [-0.39, 0.29) is 0 Å². The lowest BCUT2D eigenvalue weighted by Gasteiger charge is -2.23. The minimum Gasteiger partial charge on any atom is -0.456 e. The van der Waals surface area contributed by atoms with Crippen molar-refractivity contribution >= 4 is 28.3 Å². The maximum absolute atomic E-state index is 12.3. The zero-order chi connectivity index (χ0) is 19.7. The van der Waals surface area contributed by atoms with E-state index in [1.807, 2.05) is 42.5 Å². The first kappa shape index (κ1) is 18.3. The molecular weight excluding hydrogens is 372 g/mol. The number of carbonyl (C=O) groups is 1. The molecule has 0 unspecified atom stereocenters. The summed E-state index contributed by atoms with van der Waals surface area (Å²) in [4.78, 5) is 12.3. The Balaban J connectivity index is 1.98. The van der Waals surface area contributed by atoms with E-state index >= 15 is 0 Å². The van der Waals surface area contributed by atoms with Crippen LogP contribution >= 0.6 is 11.6 Å². The van der Waals surface area contributed by atoms with Crippen molar-refractivity contribution in [2.24, 2.45) is 0 Å². The van der Waals surface area contributed by atoms with Gasteiger partial charge in [0, 0.05) is 32.5 Å². The van der Waals surface area contributed by atoms with Gasteiger partial charge in [-0.25, -0.2) is 4.79 Å². The molecule has 0 N–H and O–H groups in total. The second-order valence-electron chi connectivity index (χ2n) is 6.77. The van der Waals surface area contributed by atoms with Gasteiger partial charge in [-0.3, -0.25) is 0 Å². The molecule has 4 rings (SSSR count). The van der Waals surface area contributed by atoms with Gasteiger partial charge < -0.3 is 9.47 Å². The summed E-state index contributed by atoms with van der Waals surface area (Å²) >= 11 is 6.29. The van der Waals surface area contributed by atoms with Crippen LogP contribution in [0.2, 0.25) is 5.02 Å². The number of rotatable bonds is 4. The van der Waals surface area contributed by atoms with Crippen molar-refractivity contribution in [3.05, 3.63) is 89.0 Å². The third-order valence-electron chi connectivity index (χ3n) is 4.70. The molecule has 0 saturated carbocycles. The Hall–Kier alpha value is -3.04. The van der Waals surface area contributed by atoms with E-state index in [1.165, 1.54) is 0 Å². The fraction of sp³-hybridized carbons (Fsp3) is 0.125. The van der Waals surface area contributed by atoms with Gasteiger partial charge in [-0.2, -0.15) is 0 Å². The summed E-state index contributed by atoms with van der Waals surface area (Å²) in [5, 5.41) is 2.20. The van der Waals surface area contributed by atoms with Crippen molar-refractivity contribution in [3.63, 3.8) is 0 Å². The Morgan fingerprint density at radius 2 is 1.64 bits per heavy atom. The molecule has 140 valence electrons. The van der Waals surface area contributed by atoms with Crippen LogP contribution in [0.5, 0.6) is 17.2 Å². The Labute approximate surface area is 168 Å². The highest BCUT2D eigenvalue weighted by atomic mass is 35.5. The first-order valence-corrected chi connectivity index (χ1v) is 9.45. The molecule has 1 aliphatic carbocycles. The Morgan fingerprint density at radius 1 is 0.964 bits per heavy atom. The fourth-order valence-electron chi connectivity index (χ4n) is 3.36. The van der Waals surface area contributed by atoms with Crippen molar-refractivity contribution in [1.29, 1.82) is 0 Å². The molecule has 0 saturated heterocycles. The number of allylic oxidation sites excluding steroid dienone is 2. The number of para-hydroxylation sites is 1. The number of ether oxygens (including phenoxy) is 2. The fourth-order valence-corrected chi connectivity index (χ4v) is 3.53. The van der Waals surface area contributed by atoms with Gasteiger partial charge in [-0.05, 0) is 50.1 Å². The number of carbonyl (C=O) groups excluding carboxylic acids is 1. The van der Waals surface area contributed by atoms with Crippen molar-refractivity contribution in [3.8, 4) is 17.2 Å². The molecule has 0 aromatic heterocycles. The molecule has 0 bridgehead atoms. The van der Waals surface area contributed by atoms with Crippen LogP contribution in [0.25, 0.3) is 10.8 Å². The summed E-state index contributed by atoms with van der Waals surface area (Å²) in [5.74, 6) is 1.61. The number of hydrogen-bond acceptors (Lipinski definition) is 3. The smallest absolute Gasteiger partial charge is 0.338 e. The van der Waals surface area contributed by atoms with Crippen LogP contribution < -0.4 is 9.47 Å². The van der Waals surface area contributed by atoms with Crippen molar-refractivity contribution in [1.82, 2.24) is 0 Å². The Morgan fingerprint density at radius 3 is 2.32 bits per heavy atom. The highest BCUT2D eigenvalue weighted by molar-refractivity contribution is 6.31. The summed E-state index contributed by atoms with van der Waals surface area (Å²) in [7, 11) is 0. The lowest BCUT2D eigenvalue weighted by molar-refractivity contribution is -0.130. The first-order valence-electron chi connectivity index (χ1n) is 9.07. The van der Waals surface area contributed by atoms with E-state index in [4.69, 9.17) is 21.1 Å². The average Bonchev–Trinajstić information content (AvgIpc) is 2.71. The van der Waals surface area contributed by atoms with Crippen LogP contribution in [0.4, 0.5) is 0 Å². The Kier molecular flexibility index (Phi) is 4.93. The molecule has 3 nitrogen and oxygen atoms in total. The van der Waals surface area contributed by atoms with Crippen molar-refractivity contribution < 1.29 is 14.3 Å². The predicted molar refractivity (Wildman–Crippen MR) is 112 cm³/mol. The molecule has 0 amide bonds. The zero-order valence-corrected chi connectivity index (χ0v) is 16.3. The molecule has 0 radical (unpaired) electrons. The monoisotopic (exact) mass is 390 g/mol. The zero-order valence-electron chi connectivity index (χ0n) is 15.5. The van der Waals surface area contributed by atoms with Crippen LogP contribution in [0, 0.1) is 0 Å². The summed E-state index contributed by atoms with van der Waals surface area (Å²) in [5.41, 5.74) is 2.32. The molecule has 0 fully saturated rings. The quantitative estimate of drug-likeness (QED) is 0.223. The van der Waals surface area contributed by atoms with Gasteiger partial charge >= 0.3 is 5.97 Å². The lowest BCUT2D eigenvalue weighted by Crippen LogP contribution is -2.13. The van der Waals surface area contributed by atoms with Gasteiger partial charge in [0.15, 0.2) is 0 Å². The summed E-state index contributed by atoms with van der Waals surface area (Å²) in [6.45, 7) is 5.34. The van der Waals surface area contributed by atoms with Gasteiger partial charge in [-0.15, -0.1) is 0 Å². The van der Waals surface area contributed by atoms with Crippen LogP contribution in [-0.4, -0.2) is 5.97 Å². The normalized spacial score (nSPS) is 12.5. The predicted octanol–water partition coefficient (Wildman–Crippen LogP) is 6.42. The topological polar surface area (TPSA) is 35.5 Å². The maximum atomic E-state index is 12.3. The Bertz CT molecular complexity index is 1110. The number of fused-ring (bicyclic) bond motifs is 2. The molecule has 3 aromatic carbocycles. The van der Waals surface area contributed by atoms with Gasteiger partial charge in [-0.1, -0.05) is 48.5 Å². The molecule has 4 heteroatoms. The second-order valence-corrected chi connectivity index (χ2v) is 7.21. The number of halogens is 1. The van der Waals surface area contributed by atoms with E-state index in [1.54, 1.807) is 13.0 Å². The second kappa shape index (κ2) is 7.53. The van der Waals surface area contributed by atoms with Crippen LogP contribution in [-0.2, 0) is 17.6 Å². The highest BCUT2D eigenvalue weighted by Crippen LogP contribution is 2.45. The molecule has 28 heavy (non-hydrogen) atoms. The minimum absolute atomic E-state index is 0.354. The summed E-state index contributed by atoms with van der Waals surface area (Å²) < 4.78 is 12.1. The van der Waals surface area contributed by atoms with Gasteiger partial charge in [0.25, 0.3) is 0 Å². The molecular formula is C24H19ClO3. The summed E-state index contributed by atoms with van der Waals surface area (Å²) in [6.07, 6.45) is 5.53. The number of hydrogen-bond donors (Lipinski definition) is 0. The van der Waals surface area contributed by atoms with Crippen LogP contribution in [0.3, 0.4) is 0 Å². The van der Waals surface area contributed by atoms with E-state index in [9.17, 15) is 4.79 Å². The standard InChI is InChI=1S/C24H19ClO3/c1-15(2)24(26)28-22-18-10-6-7-11-19(18)23(27-17-8-4-3-5-9-17)21-14-16(25)12-13-20(21)22/h3-9,12-14H,1,10-11H2,2H3. The van der Waals surface area contributed by atoms with E-state index in [0.29, 0.717) is 29.2 Å². The molecule has 0 atom stereocenters. The van der Waals surface area contributed by atoms with Gasteiger partial charge in [0.05, 0.1) is 0 Å². The maximum Gasteiger partial charge on any atom is 0.338 e. The summed E-state index contributed by atoms with van der Waals surface area (Å²) in [6, 6.07) is 15.1. The molecule has 1 aliphatic rings. The van der Waals surface area contributed by atoms with Gasteiger partial charge in [0.2, 0.25) is 0 Å². The largest absolute Gasteiger partial charge is 0.456 e.